The fourth-order valence-corrected chi connectivity index (χ4v) is 4.56. The zero-order valence-corrected chi connectivity index (χ0v) is 17.3. The van der Waals surface area contributed by atoms with Crippen molar-refractivity contribution in [1.29, 1.82) is 0 Å². The maximum absolute atomic E-state index is 12.9. The van der Waals surface area contributed by atoms with Crippen molar-refractivity contribution < 1.29 is 27.4 Å². The summed E-state index contributed by atoms with van der Waals surface area (Å²) in [4.78, 5) is 38.9. The molecule has 2 aromatic carbocycles. The van der Waals surface area contributed by atoms with E-state index in [-0.39, 0.29) is 34.0 Å². The predicted molar refractivity (Wildman–Crippen MR) is 113 cm³/mol. The number of hydrogen-bond acceptors (Lipinski definition) is 5. The van der Waals surface area contributed by atoms with Crippen LogP contribution in [0.4, 0.5) is 16.2 Å². The van der Waals surface area contributed by atoms with Crippen molar-refractivity contribution in [2.45, 2.75) is 43.0 Å². The van der Waals surface area contributed by atoms with Crippen LogP contribution in [0.2, 0.25) is 0 Å². The molecule has 0 radical (unpaired) electrons. The van der Waals surface area contributed by atoms with Crippen LogP contribution in [0.15, 0.2) is 47.4 Å². The first-order chi connectivity index (χ1) is 14.7. The van der Waals surface area contributed by atoms with Gasteiger partial charge in [-0.3, -0.25) is 19.0 Å². The number of imide groups is 1. The van der Waals surface area contributed by atoms with Crippen LogP contribution in [-0.4, -0.2) is 41.8 Å². The first kappa shape index (κ1) is 21.0. The molecule has 0 bridgehead atoms. The van der Waals surface area contributed by atoms with E-state index in [0.29, 0.717) is 11.3 Å². The monoisotopic (exact) mass is 443 g/mol. The Kier molecular flexibility index (Phi) is 5.50. The number of rotatable bonds is 4. The highest BCUT2D eigenvalue weighted by Gasteiger charge is 2.40. The Morgan fingerprint density at radius 2 is 1.55 bits per heavy atom. The van der Waals surface area contributed by atoms with Gasteiger partial charge < -0.3 is 10.6 Å². The third-order valence-electron chi connectivity index (χ3n) is 5.51. The van der Waals surface area contributed by atoms with E-state index in [1.165, 1.54) is 41.3 Å². The lowest BCUT2D eigenvalue weighted by Gasteiger charge is -2.29. The SMILES string of the molecule is O=C(Nc1cccc(S(=O)(=O)O)c1)Nc1ccc2c(c1)C(=O)N(C1CCCCC1)C2=O. The lowest BCUT2D eigenvalue weighted by atomic mass is 9.94. The molecule has 1 saturated carbocycles. The fourth-order valence-electron chi connectivity index (χ4n) is 4.04. The number of anilines is 2. The maximum Gasteiger partial charge on any atom is 0.323 e. The Bertz CT molecular complexity index is 1170. The van der Waals surface area contributed by atoms with E-state index in [1.54, 1.807) is 0 Å². The molecule has 1 fully saturated rings. The van der Waals surface area contributed by atoms with Crippen LogP contribution in [0.1, 0.15) is 52.8 Å². The van der Waals surface area contributed by atoms with Crippen LogP contribution >= 0.6 is 0 Å². The Balaban J connectivity index is 1.48. The lowest BCUT2D eigenvalue weighted by molar-refractivity contribution is 0.0549. The van der Waals surface area contributed by atoms with Crippen LogP contribution in [0.5, 0.6) is 0 Å². The molecule has 31 heavy (non-hydrogen) atoms. The van der Waals surface area contributed by atoms with Gasteiger partial charge in [-0.15, -0.1) is 0 Å². The fraction of sp³-hybridized carbons (Fsp3) is 0.286. The standard InChI is InChI=1S/C21H21N3O6S/c25-19-17-10-9-14(12-18(17)20(26)24(19)15-6-2-1-3-7-15)23-21(27)22-13-5-4-8-16(11-13)31(28,29)30/h4-5,8-12,15H,1-3,6-7H2,(H2,22,23,27)(H,28,29,30). The summed E-state index contributed by atoms with van der Waals surface area (Å²) < 4.78 is 31.6. The average Bonchev–Trinajstić information content (AvgIpc) is 2.98. The number of fused-ring (bicyclic) bond motifs is 1. The van der Waals surface area contributed by atoms with E-state index < -0.39 is 16.1 Å². The van der Waals surface area contributed by atoms with Gasteiger partial charge in [0.2, 0.25) is 0 Å². The minimum atomic E-state index is -4.40. The van der Waals surface area contributed by atoms with Crippen molar-refractivity contribution in [3.63, 3.8) is 0 Å². The van der Waals surface area contributed by atoms with Crippen LogP contribution in [0, 0.1) is 0 Å². The predicted octanol–water partition coefficient (Wildman–Crippen LogP) is 3.51. The van der Waals surface area contributed by atoms with Crippen LogP contribution in [0.3, 0.4) is 0 Å². The van der Waals surface area contributed by atoms with Crippen molar-refractivity contribution >= 4 is 39.3 Å². The summed E-state index contributed by atoms with van der Waals surface area (Å²) in [6.45, 7) is 0. The number of carbonyl (C=O) groups excluding carboxylic acids is 3. The summed E-state index contributed by atoms with van der Waals surface area (Å²) >= 11 is 0. The first-order valence-electron chi connectivity index (χ1n) is 9.91. The van der Waals surface area contributed by atoms with E-state index in [1.807, 2.05) is 0 Å². The molecule has 10 heteroatoms. The van der Waals surface area contributed by atoms with Crippen LogP contribution in [-0.2, 0) is 10.1 Å². The van der Waals surface area contributed by atoms with Crippen molar-refractivity contribution in [1.82, 2.24) is 4.90 Å². The highest BCUT2D eigenvalue weighted by Crippen LogP contribution is 2.32. The molecule has 4 amide bonds. The minimum absolute atomic E-state index is 0.0871. The molecule has 162 valence electrons. The molecule has 0 aromatic heterocycles. The molecule has 0 saturated heterocycles. The number of benzene rings is 2. The second-order valence-electron chi connectivity index (χ2n) is 7.61. The molecule has 4 rings (SSSR count). The molecule has 1 aliphatic heterocycles. The summed E-state index contributed by atoms with van der Waals surface area (Å²) in [7, 11) is -4.40. The molecule has 1 aliphatic carbocycles. The number of nitrogens with zero attached hydrogens (tertiary/aromatic N) is 1. The molecule has 9 nitrogen and oxygen atoms in total. The highest BCUT2D eigenvalue weighted by atomic mass is 32.2. The largest absolute Gasteiger partial charge is 0.323 e. The van der Waals surface area contributed by atoms with E-state index in [2.05, 4.69) is 10.6 Å². The third-order valence-corrected chi connectivity index (χ3v) is 6.36. The number of urea groups is 1. The van der Waals surface area contributed by atoms with Crippen LogP contribution in [0.25, 0.3) is 0 Å². The van der Waals surface area contributed by atoms with Gasteiger partial charge in [-0.2, -0.15) is 8.42 Å². The molecule has 0 unspecified atom stereocenters. The molecule has 1 heterocycles. The molecule has 0 atom stereocenters. The number of amides is 4. The van der Waals surface area contributed by atoms with Gasteiger partial charge in [0.15, 0.2) is 0 Å². The number of carbonyl (C=O) groups is 3. The Hall–Kier alpha value is -3.24. The average molecular weight is 443 g/mol. The van der Waals surface area contributed by atoms with Gasteiger partial charge in [0.25, 0.3) is 21.9 Å². The van der Waals surface area contributed by atoms with Gasteiger partial charge in [0, 0.05) is 17.4 Å². The van der Waals surface area contributed by atoms with Gasteiger partial charge in [-0.25, -0.2) is 4.79 Å². The highest BCUT2D eigenvalue weighted by molar-refractivity contribution is 7.85. The molecule has 2 aliphatic rings. The molecule has 0 spiro atoms. The zero-order chi connectivity index (χ0) is 22.2. The third kappa shape index (κ3) is 4.30. The number of nitrogens with one attached hydrogen (secondary N) is 2. The zero-order valence-electron chi connectivity index (χ0n) is 16.5. The Labute approximate surface area is 179 Å². The molecule has 2 aromatic rings. The topological polar surface area (TPSA) is 133 Å². The summed E-state index contributed by atoms with van der Waals surface area (Å²) in [6, 6.07) is 8.90. The van der Waals surface area contributed by atoms with Gasteiger partial charge in [-0.1, -0.05) is 25.3 Å². The van der Waals surface area contributed by atoms with Crippen molar-refractivity contribution in [3.8, 4) is 0 Å². The summed E-state index contributed by atoms with van der Waals surface area (Å²) in [5, 5.41) is 5.03. The maximum atomic E-state index is 12.9. The first-order valence-corrected chi connectivity index (χ1v) is 11.4. The van der Waals surface area contributed by atoms with Gasteiger partial charge in [-0.05, 0) is 49.2 Å². The van der Waals surface area contributed by atoms with E-state index in [0.717, 1.165) is 38.2 Å². The smallest absolute Gasteiger partial charge is 0.308 e. The summed E-state index contributed by atoms with van der Waals surface area (Å²) in [5.41, 5.74) is 1.04. The molecular formula is C21H21N3O6S. The van der Waals surface area contributed by atoms with Gasteiger partial charge in [0.1, 0.15) is 0 Å². The van der Waals surface area contributed by atoms with Gasteiger partial charge in [0.05, 0.1) is 16.0 Å². The second kappa shape index (κ2) is 8.12. The summed E-state index contributed by atoms with van der Waals surface area (Å²) in [6.07, 6.45) is 4.70. The van der Waals surface area contributed by atoms with E-state index >= 15 is 0 Å². The normalized spacial score (nSPS) is 16.9. The van der Waals surface area contributed by atoms with Crippen molar-refractivity contribution in [3.05, 3.63) is 53.6 Å². The van der Waals surface area contributed by atoms with Crippen molar-refractivity contribution in [2.24, 2.45) is 0 Å². The quantitative estimate of drug-likeness (QED) is 0.489. The van der Waals surface area contributed by atoms with Gasteiger partial charge >= 0.3 is 6.03 Å². The Morgan fingerprint density at radius 1 is 0.903 bits per heavy atom. The Morgan fingerprint density at radius 3 is 2.23 bits per heavy atom. The molecule has 3 N–H and O–H groups in total. The summed E-state index contributed by atoms with van der Waals surface area (Å²) in [5.74, 6) is -0.651. The molecular weight excluding hydrogens is 422 g/mol. The van der Waals surface area contributed by atoms with Crippen LogP contribution < -0.4 is 10.6 Å². The second-order valence-corrected chi connectivity index (χ2v) is 9.04. The number of hydrogen-bond donors (Lipinski definition) is 3. The lowest BCUT2D eigenvalue weighted by Crippen LogP contribution is -2.40. The van der Waals surface area contributed by atoms with E-state index in [9.17, 15) is 22.8 Å². The van der Waals surface area contributed by atoms with Crippen molar-refractivity contribution in [2.75, 3.05) is 10.6 Å². The minimum Gasteiger partial charge on any atom is -0.308 e. The van der Waals surface area contributed by atoms with E-state index in [4.69, 9.17) is 4.55 Å².